The van der Waals surface area contributed by atoms with Crippen molar-refractivity contribution in [2.75, 3.05) is 113 Å². The molecule has 0 N–H and O–H groups in total. The van der Waals surface area contributed by atoms with E-state index in [-0.39, 0.29) is 97.0 Å². The molecule has 3 heterocycles. The van der Waals surface area contributed by atoms with Crippen molar-refractivity contribution in [2.24, 2.45) is 0 Å². The number of methoxy groups -OCH3 is 2. The van der Waals surface area contributed by atoms with Crippen LogP contribution in [0.2, 0.25) is 0 Å². The fourth-order valence-electron chi connectivity index (χ4n) is 15.6. The first-order valence-corrected chi connectivity index (χ1v) is 43.6. The number of benzene rings is 7. The van der Waals surface area contributed by atoms with E-state index in [0.29, 0.717) is 85.0 Å². The Morgan fingerprint density at radius 2 is 0.516 bits per heavy atom. The summed E-state index contributed by atoms with van der Waals surface area (Å²) in [5.41, 5.74) is 30.1. The van der Waals surface area contributed by atoms with E-state index in [1.165, 1.54) is 226 Å². The maximum atomic E-state index is 11.8. The minimum absolute atomic E-state index is 0. The van der Waals surface area contributed by atoms with Gasteiger partial charge < -0.3 is 62.3 Å². The van der Waals surface area contributed by atoms with Gasteiger partial charge in [-0.25, -0.2) is 0 Å². The number of Topliss-reactive ketones (excluding diaryl/α,β-unsaturated/α-hetero) is 2. The molecule has 7 aromatic rings. The monoisotopic (exact) mass is 1720 g/mol. The molecule has 0 unspecified atom stereocenters. The summed E-state index contributed by atoms with van der Waals surface area (Å²) < 4.78 is 36.2. The third-order valence-corrected chi connectivity index (χ3v) is 22.8. The van der Waals surface area contributed by atoms with Crippen LogP contribution >= 0.6 is 0 Å². The van der Waals surface area contributed by atoms with Gasteiger partial charge in [0.25, 0.3) is 0 Å². The summed E-state index contributed by atoms with van der Waals surface area (Å²) in [5.74, 6) is -0.0331. The second kappa shape index (κ2) is 65.4. The molecule has 0 aliphatic carbocycles. The predicted octanol–water partition coefficient (Wildman–Crippen LogP) is 29.4. The van der Waals surface area contributed by atoms with Crippen molar-refractivity contribution in [3.8, 4) is 0 Å². The van der Waals surface area contributed by atoms with Gasteiger partial charge in [0.05, 0.1) is 75.6 Å². The maximum absolute atomic E-state index is 11.8. The Bertz CT molecular complexity index is 3810. The Kier molecular flexibility index (Phi) is 62.2. The van der Waals surface area contributed by atoms with E-state index in [4.69, 9.17) is 33.2 Å². The quantitative estimate of drug-likeness (QED) is 0.0263. The molecular formula is C109H176N4O11. The van der Waals surface area contributed by atoms with Crippen molar-refractivity contribution in [3.05, 3.63) is 199 Å². The number of fused-ring (bicyclic) bond motifs is 6. The van der Waals surface area contributed by atoms with Crippen LogP contribution in [0.5, 0.6) is 0 Å². The maximum Gasteiger partial charge on any atom is 0.305 e. The summed E-state index contributed by atoms with van der Waals surface area (Å²) in [6.45, 7) is 30.0. The number of ketones is 2. The molecule has 0 fully saturated rings. The number of carbonyl (C=O) groups excluding carboxylic acids is 4. The van der Waals surface area contributed by atoms with E-state index in [1.807, 2.05) is 0 Å². The number of hydrogen-bond acceptors (Lipinski definition) is 15. The minimum Gasteiger partial charge on any atom is -0.466 e. The van der Waals surface area contributed by atoms with E-state index < -0.39 is 0 Å². The lowest BCUT2D eigenvalue weighted by atomic mass is 9.90. The minimum atomic E-state index is -0.249. The molecule has 10 rings (SSSR count). The van der Waals surface area contributed by atoms with Gasteiger partial charge in [0.15, 0.2) is 0 Å². The molecule has 7 aromatic carbocycles. The van der Waals surface area contributed by atoms with Gasteiger partial charge in [0.2, 0.25) is 0 Å². The molecule has 3 aliphatic heterocycles. The highest BCUT2D eigenvalue weighted by atomic mass is 16.6. The predicted molar refractivity (Wildman–Crippen MR) is 534 cm³/mol. The largest absolute Gasteiger partial charge is 0.466 e. The molecule has 15 nitrogen and oxygen atoms in total. The Morgan fingerprint density at radius 3 is 0.815 bits per heavy atom. The molecule has 698 valence electrons. The Hall–Kier alpha value is -8.18. The third-order valence-electron chi connectivity index (χ3n) is 22.8. The van der Waals surface area contributed by atoms with Crippen LogP contribution in [0.15, 0.2) is 121 Å². The molecule has 0 amide bonds. The number of rotatable bonds is 50. The van der Waals surface area contributed by atoms with Crippen LogP contribution in [0.3, 0.4) is 0 Å². The van der Waals surface area contributed by atoms with Crippen molar-refractivity contribution in [1.29, 1.82) is 0 Å². The Morgan fingerprint density at radius 1 is 0.266 bits per heavy atom. The van der Waals surface area contributed by atoms with Gasteiger partial charge in [-0.1, -0.05) is 230 Å². The van der Waals surface area contributed by atoms with Crippen molar-refractivity contribution in [3.63, 3.8) is 0 Å². The van der Waals surface area contributed by atoms with Crippen molar-refractivity contribution >= 4 is 69.0 Å². The Labute approximate surface area is 758 Å². The average molecular weight is 1720 g/mol. The zero-order valence-electron chi connectivity index (χ0n) is 72.5. The molecule has 3 aliphatic rings. The zero-order chi connectivity index (χ0) is 82.1. The molecule has 0 saturated carbocycles. The smallest absolute Gasteiger partial charge is 0.305 e. The Balaban J connectivity index is 0. The average Bonchev–Trinajstić information content (AvgIpc) is 0.768. The first-order chi connectivity index (χ1) is 55.8. The van der Waals surface area contributed by atoms with Crippen LogP contribution in [0.25, 0.3) is 0 Å². The van der Waals surface area contributed by atoms with E-state index in [2.05, 4.69) is 196 Å². The highest BCUT2D eigenvalue weighted by Gasteiger charge is 2.30. The first kappa shape index (κ1) is 118. The molecule has 0 spiro atoms. The number of unbranched alkanes of at least 4 members (excludes halogenated alkanes) is 18. The van der Waals surface area contributed by atoms with E-state index >= 15 is 0 Å². The summed E-state index contributed by atoms with van der Waals surface area (Å²) in [6, 6.07) is 46.6. The number of ether oxygens (including phenoxy) is 7. The van der Waals surface area contributed by atoms with Gasteiger partial charge in [-0.3, -0.25) is 9.59 Å². The van der Waals surface area contributed by atoms with E-state index in [9.17, 15) is 19.2 Å². The zero-order valence-corrected chi connectivity index (χ0v) is 72.5. The van der Waals surface area contributed by atoms with Crippen LogP contribution < -0.4 is 19.6 Å². The number of carbonyl (C=O) groups is 4. The van der Waals surface area contributed by atoms with Crippen molar-refractivity contribution in [2.45, 2.75) is 329 Å². The highest BCUT2D eigenvalue weighted by Crippen LogP contribution is 2.49. The van der Waals surface area contributed by atoms with E-state index in [0.717, 1.165) is 77.7 Å². The van der Waals surface area contributed by atoms with Crippen LogP contribution in [-0.4, -0.2) is 117 Å². The van der Waals surface area contributed by atoms with Crippen LogP contribution in [0, 0.1) is 55.4 Å². The lowest BCUT2D eigenvalue weighted by Crippen LogP contribution is -2.30. The molecule has 0 bridgehead atoms. The van der Waals surface area contributed by atoms with Gasteiger partial charge >= 0.3 is 11.9 Å². The third kappa shape index (κ3) is 39.4. The lowest BCUT2D eigenvalue weighted by Gasteiger charge is -2.40. The van der Waals surface area contributed by atoms with E-state index in [1.54, 1.807) is 28.1 Å². The topological polar surface area (TPSA) is 146 Å². The summed E-state index contributed by atoms with van der Waals surface area (Å²) >= 11 is 0. The number of esters is 2. The molecule has 0 saturated heterocycles. The number of para-hydroxylation sites is 4. The van der Waals surface area contributed by atoms with Gasteiger partial charge in [-0.15, -0.1) is 0 Å². The van der Waals surface area contributed by atoms with Gasteiger partial charge in [-0.05, 0) is 247 Å². The van der Waals surface area contributed by atoms with Crippen LogP contribution in [-0.2, 0) is 78.3 Å². The summed E-state index contributed by atoms with van der Waals surface area (Å²) in [7, 11) is 3.42. The number of aryl methyl sites for hydroxylation is 8. The highest BCUT2D eigenvalue weighted by molar-refractivity contribution is 5.93. The molecular weight excluding hydrogens is 1540 g/mol. The van der Waals surface area contributed by atoms with Crippen molar-refractivity contribution < 1.29 is 52.3 Å². The lowest BCUT2D eigenvalue weighted by molar-refractivity contribution is -0.146. The number of nitrogens with zero attached hydrogens (tertiary/aromatic N) is 4. The molecule has 0 atom stereocenters. The fraction of sp³-hybridized carbons (Fsp3) is 0.578. The van der Waals surface area contributed by atoms with Gasteiger partial charge in [-0.2, -0.15) is 0 Å². The summed E-state index contributed by atoms with van der Waals surface area (Å²) in [4.78, 5) is 55.1. The summed E-state index contributed by atoms with van der Waals surface area (Å²) in [6.07, 6.45) is 29.5. The summed E-state index contributed by atoms with van der Waals surface area (Å²) in [5, 5.41) is 0. The fourth-order valence-corrected chi connectivity index (χ4v) is 15.6. The first-order valence-electron chi connectivity index (χ1n) is 43.6. The molecule has 0 aromatic heterocycles. The molecule has 124 heavy (non-hydrogen) atoms. The molecule has 0 radical (unpaired) electrons. The second-order valence-corrected chi connectivity index (χ2v) is 32.3. The van der Waals surface area contributed by atoms with Crippen LogP contribution in [0.1, 0.15) is 326 Å². The number of hydrogen-bond donors (Lipinski definition) is 0. The van der Waals surface area contributed by atoms with Crippen LogP contribution in [0.4, 0.5) is 45.5 Å². The van der Waals surface area contributed by atoms with Gasteiger partial charge in [0.1, 0.15) is 18.2 Å². The van der Waals surface area contributed by atoms with Crippen molar-refractivity contribution in [1.82, 2.24) is 0 Å². The second-order valence-electron chi connectivity index (χ2n) is 32.3. The normalized spacial score (nSPS) is 11.5. The standard InChI is InChI=1S/C42H66N2O4.C42H44N2.C16H30O7.9CH4/c1-37(45)27-17-22-32-42(46)48-36-26-16-12-8-4-6-10-14-24-34-44-40-30-20-18-28-38(40)43(39-29-19-21-31-41(39)44)33-23-13-9-5-3-7-11-15-25-35-47-2;1-25-13-35-21-36-14-26(2)30(6)18-40(36)43(39(35)17-29(25)5)23-33-9-11-34(12-10-33)24-44-41-19-31(7)27(3)15-37(41)22-38-16-28(4)32(8)20-42(38)44;1-15(17)5-3-4-6-16(18)23-14-13-22-12-11-21-10-9-20-8-7-19-2;;;;;;;;;/h18-21,28-31H,3-17,22-27,32-36H2,1-2H3;9-20H,21-24H2,1-8H3;3-14H2,1-2H3;9*1H4. The van der Waals surface area contributed by atoms with Gasteiger partial charge in [0, 0.05) is 108 Å². The SMILES string of the molecule is C.C.C.C.C.C.C.C.C.COCCCCCCCCCCCN1c2ccccc2N(CCCCCCCCCCCOC(=O)CCCCC(C)=O)c2ccccc21.COCCOCCOCCOCCOC(=O)CCCCC(C)=O.Cc1cc2c(cc1C)N(Cc1ccc(CN3c4cc(C)c(C)cc4Cc4cc(C)c(C)cc43)cc1)c1cc(C)c(C)cc1C2. The molecule has 15 heteroatoms. The number of anilines is 8.